The summed E-state index contributed by atoms with van der Waals surface area (Å²) in [6.45, 7) is 4.62. The smallest absolute Gasteiger partial charge is 0.243 e. The van der Waals surface area contributed by atoms with Crippen LogP contribution in [-0.2, 0) is 4.79 Å². The van der Waals surface area contributed by atoms with Crippen LogP contribution in [0.1, 0.15) is 19.8 Å². The maximum Gasteiger partial charge on any atom is 0.243 e. The van der Waals surface area contributed by atoms with Gasteiger partial charge in [-0.15, -0.1) is 12.6 Å². The Morgan fingerprint density at radius 2 is 2.11 bits per heavy atom. The van der Waals surface area contributed by atoms with E-state index >= 15 is 0 Å². The molecular formula is C13H16N4OS. The Balaban J connectivity index is 2.44. The number of thiol groups is 1. The van der Waals surface area contributed by atoms with E-state index in [1.165, 1.54) is 0 Å². The third-order valence-corrected chi connectivity index (χ3v) is 4.56. The average Bonchev–Trinajstić information content (AvgIpc) is 2.40. The summed E-state index contributed by atoms with van der Waals surface area (Å²) in [6, 6.07) is 4.23. The molecule has 19 heavy (non-hydrogen) atoms. The van der Waals surface area contributed by atoms with E-state index in [4.69, 9.17) is 0 Å². The third-order valence-electron chi connectivity index (χ3n) is 4.23. The molecule has 2 aliphatic heterocycles. The molecular weight excluding hydrogens is 260 g/mol. The Labute approximate surface area is 118 Å². The van der Waals surface area contributed by atoms with Gasteiger partial charge in [-0.2, -0.15) is 10.5 Å². The SMILES string of the molecule is CCN1CCC2(CC1)C(C#N)=C(S)NC(=O)[C@@H]2C#N. The van der Waals surface area contributed by atoms with E-state index in [9.17, 15) is 15.3 Å². The molecule has 1 amide bonds. The van der Waals surface area contributed by atoms with E-state index in [1.54, 1.807) is 0 Å². The van der Waals surface area contributed by atoms with Crippen molar-refractivity contribution in [1.29, 1.82) is 10.5 Å². The monoisotopic (exact) mass is 276 g/mol. The lowest BCUT2D eigenvalue weighted by atomic mass is 9.63. The summed E-state index contributed by atoms with van der Waals surface area (Å²) in [5.41, 5.74) is -0.202. The number of hydrogen-bond acceptors (Lipinski definition) is 5. The Kier molecular flexibility index (Phi) is 3.84. The lowest BCUT2D eigenvalue weighted by molar-refractivity contribution is -0.127. The van der Waals surface area contributed by atoms with Crippen molar-refractivity contribution >= 4 is 18.5 Å². The summed E-state index contributed by atoms with van der Waals surface area (Å²) < 4.78 is 0. The van der Waals surface area contributed by atoms with Gasteiger partial charge in [0.1, 0.15) is 5.92 Å². The lowest BCUT2D eigenvalue weighted by Crippen LogP contribution is -2.52. The minimum atomic E-state index is -0.794. The molecule has 0 radical (unpaired) electrons. The van der Waals surface area contributed by atoms with Crippen molar-refractivity contribution in [1.82, 2.24) is 10.2 Å². The summed E-state index contributed by atoms with van der Waals surface area (Å²) in [7, 11) is 0. The number of carbonyl (C=O) groups excluding carboxylic acids is 1. The second-order valence-corrected chi connectivity index (χ2v) is 5.42. The van der Waals surface area contributed by atoms with Gasteiger partial charge in [-0.05, 0) is 32.5 Å². The zero-order valence-electron chi connectivity index (χ0n) is 10.8. The average molecular weight is 276 g/mol. The normalized spacial score (nSPS) is 26.7. The maximum absolute atomic E-state index is 12.0. The van der Waals surface area contributed by atoms with E-state index in [1.807, 2.05) is 0 Å². The van der Waals surface area contributed by atoms with E-state index in [2.05, 4.69) is 41.9 Å². The fraction of sp³-hybridized carbons (Fsp3) is 0.615. The number of allylic oxidation sites excluding steroid dienone is 1. The van der Waals surface area contributed by atoms with Crippen molar-refractivity contribution in [3.63, 3.8) is 0 Å². The second-order valence-electron chi connectivity index (χ2n) is 4.98. The van der Waals surface area contributed by atoms with Crippen LogP contribution < -0.4 is 5.32 Å². The topological polar surface area (TPSA) is 79.9 Å². The molecule has 5 nitrogen and oxygen atoms in total. The zero-order chi connectivity index (χ0) is 14.0. The summed E-state index contributed by atoms with van der Waals surface area (Å²) >= 11 is 4.21. The Morgan fingerprint density at radius 3 is 2.58 bits per heavy atom. The van der Waals surface area contributed by atoms with Crippen LogP contribution >= 0.6 is 12.6 Å². The van der Waals surface area contributed by atoms with Crippen LogP contribution in [0.15, 0.2) is 10.6 Å². The summed E-state index contributed by atoms with van der Waals surface area (Å²) in [5, 5.41) is 21.5. The fourth-order valence-electron chi connectivity index (χ4n) is 3.04. The summed E-state index contributed by atoms with van der Waals surface area (Å²) in [4.78, 5) is 14.2. The van der Waals surface area contributed by atoms with Gasteiger partial charge in [0.25, 0.3) is 0 Å². The number of nitrogens with one attached hydrogen (secondary N) is 1. The largest absolute Gasteiger partial charge is 0.319 e. The van der Waals surface area contributed by atoms with Gasteiger partial charge in [0.2, 0.25) is 5.91 Å². The van der Waals surface area contributed by atoms with Crippen molar-refractivity contribution in [2.24, 2.45) is 11.3 Å². The van der Waals surface area contributed by atoms with Crippen LogP contribution in [-0.4, -0.2) is 30.4 Å². The minimum absolute atomic E-state index is 0.309. The first kappa shape index (κ1) is 13.9. The minimum Gasteiger partial charge on any atom is -0.319 e. The van der Waals surface area contributed by atoms with Crippen LogP contribution in [0.2, 0.25) is 0 Å². The highest BCUT2D eigenvalue weighted by Gasteiger charge is 2.51. The molecule has 0 aromatic carbocycles. The molecule has 0 unspecified atom stereocenters. The number of nitrogens with zero attached hydrogens (tertiary/aromatic N) is 3. The van der Waals surface area contributed by atoms with E-state index in [0.717, 1.165) is 19.6 Å². The van der Waals surface area contributed by atoms with Crippen molar-refractivity contribution in [2.75, 3.05) is 19.6 Å². The van der Waals surface area contributed by atoms with Crippen LogP contribution in [0.25, 0.3) is 0 Å². The molecule has 2 rings (SSSR count). The lowest BCUT2D eigenvalue weighted by Gasteiger charge is -2.45. The molecule has 1 N–H and O–H groups in total. The van der Waals surface area contributed by atoms with Gasteiger partial charge < -0.3 is 10.2 Å². The van der Waals surface area contributed by atoms with Crippen LogP contribution in [0.4, 0.5) is 0 Å². The summed E-state index contributed by atoms with van der Waals surface area (Å²) in [6.07, 6.45) is 1.30. The molecule has 0 aliphatic carbocycles. The van der Waals surface area contributed by atoms with Crippen LogP contribution in [0.5, 0.6) is 0 Å². The predicted octanol–water partition coefficient (Wildman–Crippen LogP) is 1.02. The molecule has 0 aromatic rings. The molecule has 2 heterocycles. The molecule has 100 valence electrons. The second kappa shape index (κ2) is 5.24. The number of piperidine rings is 1. The molecule has 1 fully saturated rings. The predicted molar refractivity (Wildman–Crippen MR) is 72.7 cm³/mol. The number of rotatable bonds is 1. The molecule has 1 atom stereocenters. The molecule has 0 aromatic heterocycles. The zero-order valence-corrected chi connectivity index (χ0v) is 11.7. The van der Waals surface area contributed by atoms with Crippen molar-refractivity contribution in [3.8, 4) is 12.1 Å². The molecule has 6 heteroatoms. The van der Waals surface area contributed by atoms with E-state index in [0.29, 0.717) is 23.4 Å². The number of nitriles is 2. The van der Waals surface area contributed by atoms with Gasteiger partial charge in [-0.1, -0.05) is 6.92 Å². The Hall–Kier alpha value is -1.50. The fourth-order valence-corrected chi connectivity index (χ4v) is 3.42. The van der Waals surface area contributed by atoms with Crippen molar-refractivity contribution in [2.45, 2.75) is 19.8 Å². The first-order valence-corrected chi connectivity index (χ1v) is 6.80. The van der Waals surface area contributed by atoms with Crippen molar-refractivity contribution < 1.29 is 4.79 Å². The van der Waals surface area contributed by atoms with Gasteiger partial charge >= 0.3 is 0 Å². The maximum atomic E-state index is 12.0. The molecule has 0 bridgehead atoms. The summed E-state index contributed by atoms with van der Waals surface area (Å²) in [5.74, 6) is -1.13. The van der Waals surface area contributed by atoms with Gasteiger partial charge in [0.05, 0.1) is 22.7 Å². The Bertz CT molecular complexity index is 506. The highest BCUT2D eigenvalue weighted by atomic mass is 32.1. The molecule has 0 saturated carbocycles. The molecule has 1 saturated heterocycles. The van der Waals surface area contributed by atoms with Gasteiger partial charge in [0, 0.05) is 5.41 Å². The van der Waals surface area contributed by atoms with Crippen molar-refractivity contribution in [3.05, 3.63) is 10.6 Å². The number of likely N-dealkylation sites (tertiary alicyclic amines) is 1. The highest BCUT2D eigenvalue weighted by molar-refractivity contribution is 7.84. The van der Waals surface area contributed by atoms with E-state index in [-0.39, 0.29) is 5.91 Å². The third kappa shape index (κ3) is 2.11. The molecule has 1 spiro atoms. The standard InChI is InChI=1S/C13H16N4OS/c1-2-17-5-3-13(4-6-17)9(7-14)11(18)16-12(19)10(13)8-15/h9,19H,2-6H2,1H3,(H,16,18)/t9-/m0/s1. The van der Waals surface area contributed by atoms with Gasteiger partial charge in [0.15, 0.2) is 0 Å². The molecule has 2 aliphatic rings. The van der Waals surface area contributed by atoms with Crippen LogP contribution in [0.3, 0.4) is 0 Å². The number of hydrogen-bond donors (Lipinski definition) is 2. The highest BCUT2D eigenvalue weighted by Crippen LogP contribution is 2.48. The van der Waals surface area contributed by atoms with E-state index < -0.39 is 11.3 Å². The quantitative estimate of drug-likeness (QED) is 0.701. The van der Waals surface area contributed by atoms with Gasteiger partial charge in [-0.25, -0.2) is 0 Å². The first-order valence-electron chi connectivity index (χ1n) is 6.35. The first-order chi connectivity index (χ1) is 9.08. The van der Waals surface area contributed by atoms with Crippen LogP contribution in [0, 0.1) is 34.0 Å². The number of amides is 1. The number of carbonyl (C=O) groups is 1. The van der Waals surface area contributed by atoms with Gasteiger partial charge in [-0.3, -0.25) is 4.79 Å². The Morgan fingerprint density at radius 1 is 1.47 bits per heavy atom.